The predicted octanol–water partition coefficient (Wildman–Crippen LogP) is 3.29. The molecule has 5 heteroatoms. The van der Waals surface area contributed by atoms with Gasteiger partial charge in [0.15, 0.2) is 0 Å². The van der Waals surface area contributed by atoms with Crippen LogP contribution in [0.2, 0.25) is 25.7 Å². The van der Waals surface area contributed by atoms with Gasteiger partial charge in [-0.25, -0.2) is 4.98 Å². The van der Waals surface area contributed by atoms with Gasteiger partial charge in [-0.2, -0.15) is 0 Å². The van der Waals surface area contributed by atoms with Gasteiger partial charge in [-0.1, -0.05) is 19.6 Å². The van der Waals surface area contributed by atoms with Crippen LogP contribution in [0.5, 0.6) is 0 Å². The molecular weight excluding hydrogens is 244 g/mol. The Kier molecular flexibility index (Phi) is 6.04. The van der Waals surface area contributed by atoms with Gasteiger partial charge >= 0.3 is 0 Å². The number of ether oxygens (including phenoxy) is 2. The second kappa shape index (κ2) is 7.06. The summed E-state index contributed by atoms with van der Waals surface area (Å²) in [6.45, 7) is 13.2. The maximum atomic E-state index is 5.73. The molecule has 0 saturated carbocycles. The van der Waals surface area contributed by atoms with Gasteiger partial charge in [-0.05, 0) is 19.9 Å². The lowest BCUT2D eigenvalue weighted by atomic mass is 10.4. The molecule has 0 amide bonds. The highest BCUT2D eigenvalue weighted by atomic mass is 28.3. The monoisotopic (exact) mass is 270 g/mol. The van der Waals surface area contributed by atoms with Gasteiger partial charge < -0.3 is 14.0 Å². The van der Waals surface area contributed by atoms with Crippen molar-refractivity contribution in [3.63, 3.8) is 0 Å². The van der Waals surface area contributed by atoms with E-state index in [1.807, 2.05) is 24.6 Å². The summed E-state index contributed by atoms with van der Waals surface area (Å²) in [6, 6.07) is 1.19. The second-order valence-corrected chi connectivity index (χ2v) is 11.3. The number of imidazole rings is 1. The van der Waals surface area contributed by atoms with Crippen LogP contribution in [0.25, 0.3) is 0 Å². The number of nitrogens with zero attached hydrogens (tertiary/aromatic N) is 2. The molecule has 104 valence electrons. The largest absolute Gasteiger partial charge is 0.371 e. The van der Waals surface area contributed by atoms with Gasteiger partial charge in [0, 0.05) is 33.7 Å². The van der Waals surface area contributed by atoms with Gasteiger partial charge in [0.05, 0.1) is 0 Å². The van der Waals surface area contributed by atoms with E-state index < -0.39 is 8.07 Å². The third-order valence-electron chi connectivity index (χ3n) is 2.75. The van der Waals surface area contributed by atoms with E-state index in [9.17, 15) is 0 Å². The van der Waals surface area contributed by atoms with Gasteiger partial charge in [-0.15, -0.1) is 0 Å². The fourth-order valence-corrected chi connectivity index (χ4v) is 2.41. The predicted molar refractivity (Wildman–Crippen MR) is 76.4 cm³/mol. The van der Waals surface area contributed by atoms with E-state index in [0.717, 1.165) is 12.4 Å². The molecule has 0 aromatic carbocycles. The molecule has 0 radical (unpaired) electrons. The molecule has 1 aromatic rings. The van der Waals surface area contributed by atoms with Crippen molar-refractivity contribution in [2.75, 3.05) is 13.2 Å². The zero-order valence-corrected chi connectivity index (χ0v) is 13.3. The van der Waals surface area contributed by atoms with E-state index >= 15 is 0 Å². The summed E-state index contributed by atoms with van der Waals surface area (Å²) in [5, 5.41) is 0. The Morgan fingerprint density at radius 2 is 2.11 bits per heavy atom. The highest BCUT2D eigenvalue weighted by Gasteiger charge is 2.14. The molecule has 0 aliphatic heterocycles. The molecule has 0 N–H and O–H groups in total. The average Bonchev–Trinajstić information content (AvgIpc) is 2.71. The zero-order chi connectivity index (χ0) is 13.6. The van der Waals surface area contributed by atoms with E-state index in [4.69, 9.17) is 9.47 Å². The highest BCUT2D eigenvalue weighted by molar-refractivity contribution is 6.76. The molecular formula is C13H26N2O2Si. The van der Waals surface area contributed by atoms with E-state index in [1.54, 1.807) is 6.20 Å². The molecule has 0 bridgehead atoms. The fraction of sp³-hybridized carbons (Fsp3) is 0.769. The fourth-order valence-electron chi connectivity index (χ4n) is 1.65. The first-order valence-corrected chi connectivity index (χ1v) is 10.3. The van der Waals surface area contributed by atoms with Crippen molar-refractivity contribution < 1.29 is 9.47 Å². The van der Waals surface area contributed by atoms with E-state index in [-0.39, 0.29) is 6.10 Å². The summed E-state index contributed by atoms with van der Waals surface area (Å²) in [5.41, 5.74) is 0. The van der Waals surface area contributed by atoms with Crippen LogP contribution in [0.15, 0.2) is 12.4 Å². The molecule has 1 heterocycles. The Labute approximate surface area is 111 Å². The molecule has 0 aliphatic rings. The number of rotatable bonds is 8. The Balaban J connectivity index is 2.41. The summed E-state index contributed by atoms with van der Waals surface area (Å²) in [4.78, 5) is 4.33. The molecule has 0 spiro atoms. The summed E-state index contributed by atoms with van der Waals surface area (Å²) in [7, 11) is -1.00. The normalized spacial score (nSPS) is 13.8. The van der Waals surface area contributed by atoms with Crippen LogP contribution in [0.1, 0.15) is 25.8 Å². The van der Waals surface area contributed by atoms with Crippen LogP contribution in [-0.2, 0) is 16.2 Å². The Hall–Kier alpha value is -0.653. The Bertz CT molecular complexity index is 347. The summed E-state index contributed by atoms with van der Waals surface area (Å²) in [5.74, 6) is 0.935. The lowest BCUT2D eigenvalue weighted by Crippen LogP contribution is -2.22. The standard InChI is InChI=1S/C13H26N2O2Si/c1-6-17-12(2)13-14-7-8-15(13)11-16-9-10-18(3,4)5/h7-8,12H,6,9-11H2,1-5H3. The molecule has 18 heavy (non-hydrogen) atoms. The molecule has 1 rings (SSSR count). The highest BCUT2D eigenvalue weighted by Crippen LogP contribution is 2.15. The first-order valence-electron chi connectivity index (χ1n) is 6.64. The van der Waals surface area contributed by atoms with Crippen molar-refractivity contribution in [1.82, 2.24) is 9.55 Å². The van der Waals surface area contributed by atoms with Crippen molar-refractivity contribution in [1.29, 1.82) is 0 Å². The molecule has 0 aliphatic carbocycles. The minimum absolute atomic E-state index is 0.0191. The second-order valence-electron chi connectivity index (χ2n) is 5.70. The average molecular weight is 270 g/mol. The first-order chi connectivity index (χ1) is 8.44. The van der Waals surface area contributed by atoms with Gasteiger partial charge in [0.25, 0.3) is 0 Å². The maximum Gasteiger partial charge on any atom is 0.139 e. The number of hydrogen-bond donors (Lipinski definition) is 0. The SMILES string of the molecule is CCOC(C)c1nccn1COCC[Si](C)(C)C. The third kappa shape index (κ3) is 5.33. The molecule has 1 unspecified atom stereocenters. The van der Waals surface area contributed by atoms with E-state index in [1.165, 1.54) is 6.04 Å². The zero-order valence-electron chi connectivity index (χ0n) is 12.3. The molecule has 0 saturated heterocycles. The van der Waals surface area contributed by atoms with E-state index in [0.29, 0.717) is 13.3 Å². The van der Waals surface area contributed by atoms with Gasteiger partial charge in [0.1, 0.15) is 18.7 Å². The minimum Gasteiger partial charge on any atom is -0.371 e. The Morgan fingerprint density at radius 3 is 2.72 bits per heavy atom. The Morgan fingerprint density at radius 1 is 1.39 bits per heavy atom. The topological polar surface area (TPSA) is 36.3 Å². The van der Waals surface area contributed by atoms with Crippen LogP contribution in [0.4, 0.5) is 0 Å². The quantitative estimate of drug-likeness (QED) is 0.537. The maximum absolute atomic E-state index is 5.73. The lowest BCUT2D eigenvalue weighted by Gasteiger charge is -2.17. The van der Waals surface area contributed by atoms with Crippen molar-refractivity contribution in [2.24, 2.45) is 0 Å². The van der Waals surface area contributed by atoms with Gasteiger partial charge in [0.2, 0.25) is 0 Å². The van der Waals surface area contributed by atoms with Crippen LogP contribution >= 0.6 is 0 Å². The van der Waals surface area contributed by atoms with Crippen molar-refractivity contribution in [2.45, 2.75) is 52.4 Å². The van der Waals surface area contributed by atoms with Crippen LogP contribution in [-0.4, -0.2) is 30.8 Å². The molecule has 4 nitrogen and oxygen atoms in total. The number of aromatic nitrogens is 2. The van der Waals surface area contributed by atoms with Crippen molar-refractivity contribution >= 4 is 8.07 Å². The molecule has 1 aromatic heterocycles. The van der Waals surface area contributed by atoms with Crippen molar-refractivity contribution in [3.8, 4) is 0 Å². The van der Waals surface area contributed by atoms with E-state index in [2.05, 4.69) is 24.6 Å². The van der Waals surface area contributed by atoms with Crippen molar-refractivity contribution in [3.05, 3.63) is 18.2 Å². The van der Waals surface area contributed by atoms with Crippen LogP contribution < -0.4 is 0 Å². The molecule has 0 fully saturated rings. The van der Waals surface area contributed by atoms with Gasteiger partial charge in [-0.3, -0.25) is 0 Å². The minimum atomic E-state index is -1.00. The summed E-state index contributed by atoms with van der Waals surface area (Å²) >= 11 is 0. The lowest BCUT2D eigenvalue weighted by molar-refractivity contribution is 0.0486. The number of hydrogen-bond acceptors (Lipinski definition) is 3. The first kappa shape index (κ1) is 15.4. The molecule has 1 atom stereocenters. The summed E-state index contributed by atoms with van der Waals surface area (Å²) in [6.07, 6.45) is 3.76. The summed E-state index contributed by atoms with van der Waals surface area (Å²) < 4.78 is 13.3. The van der Waals surface area contributed by atoms with Crippen LogP contribution in [0, 0.1) is 0 Å². The van der Waals surface area contributed by atoms with Crippen LogP contribution in [0.3, 0.4) is 0 Å². The smallest absolute Gasteiger partial charge is 0.139 e. The third-order valence-corrected chi connectivity index (χ3v) is 4.46.